The van der Waals surface area contributed by atoms with Crippen LogP contribution in [0.2, 0.25) is 0 Å². The summed E-state index contributed by atoms with van der Waals surface area (Å²) in [5, 5.41) is 10.3. The number of nitrogens with one attached hydrogen (secondary N) is 2. The lowest BCUT2D eigenvalue weighted by Crippen LogP contribution is -2.31. The molecule has 0 bridgehead atoms. The number of amidine groups is 1. The van der Waals surface area contributed by atoms with Gasteiger partial charge < -0.3 is 20.5 Å². The average Bonchev–Trinajstić information content (AvgIpc) is 3.04. The van der Waals surface area contributed by atoms with Crippen molar-refractivity contribution in [1.29, 1.82) is 5.41 Å². The third kappa shape index (κ3) is 6.28. The monoisotopic (exact) mass is 424 g/mol. The molecule has 1 fully saturated rings. The molecular weight excluding hydrogens is 396 g/mol. The maximum atomic E-state index is 12.2. The van der Waals surface area contributed by atoms with Crippen LogP contribution in [0.25, 0.3) is 11.3 Å². The highest BCUT2D eigenvalue weighted by Gasteiger charge is 2.35. The Morgan fingerprint density at radius 2 is 1.94 bits per heavy atom. The minimum Gasteiger partial charge on any atom is -0.491 e. The number of rotatable bonds is 7. The molecule has 2 aromatic rings. The smallest absolute Gasteiger partial charge is 0.307 e. The van der Waals surface area contributed by atoms with Gasteiger partial charge in [0.1, 0.15) is 23.8 Å². The van der Waals surface area contributed by atoms with E-state index in [1.165, 1.54) is 0 Å². The molecule has 1 aromatic heterocycles. The van der Waals surface area contributed by atoms with Gasteiger partial charge in [-0.2, -0.15) is 0 Å². The average molecular weight is 425 g/mol. The zero-order valence-electron chi connectivity index (χ0n) is 18.0. The fourth-order valence-corrected chi connectivity index (χ4v) is 3.34. The Kier molecular flexibility index (Phi) is 6.58. The fraction of sp³-hybridized carbons (Fsp3) is 0.391. The Labute approximate surface area is 181 Å². The van der Waals surface area contributed by atoms with E-state index in [0.717, 1.165) is 11.3 Å². The summed E-state index contributed by atoms with van der Waals surface area (Å²) >= 11 is 0. The summed E-state index contributed by atoms with van der Waals surface area (Å²) < 4.78 is 11.1. The third-order valence-corrected chi connectivity index (χ3v) is 4.80. The molecule has 2 atom stereocenters. The number of carbonyl (C=O) groups excluding carboxylic acids is 2. The van der Waals surface area contributed by atoms with Crippen molar-refractivity contribution in [1.82, 2.24) is 10.3 Å². The third-order valence-electron chi connectivity index (χ3n) is 4.80. The van der Waals surface area contributed by atoms with E-state index < -0.39 is 11.5 Å². The van der Waals surface area contributed by atoms with Crippen LogP contribution in [0, 0.1) is 11.3 Å². The molecule has 0 aliphatic carbocycles. The largest absolute Gasteiger partial charge is 0.491 e. The van der Waals surface area contributed by atoms with E-state index >= 15 is 0 Å². The van der Waals surface area contributed by atoms with Gasteiger partial charge in [0, 0.05) is 17.3 Å². The second kappa shape index (κ2) is 9.16. The molecule has 3 rings (SSSR count). The highest BCUT2D eigenvalue weighted by Crippen LogP contribution is 2.24. The molecule has 1 aliphatic rings. The van der Waals surface area contributed by atoms with Crippen LogP contribution in [-0.4, -0.2) is 40.9 Å². The number of amides is 1. The lowest BCUT2D eigenvalue weighted by Gasteiger charge is -2.20. The number of carbonyl (C=O) groups is 2. The van der Waals surface area contributed by atoms with Crippen LogP contribution in [0.5, 0.6) is 5.75 Å². The van der Waals surface area contributed by atoms with Crippen molar-refractivity contribution in [2.75, 3.05) is 6.61 Å². The first-order valence-electron chi connectivity index (χ1n) is 10.2. The number of esters is 1. The van der Waals surface area contributed by atoms with Gasteiger partial charge in [0.05, 0.1) is 24.1 Å². The molecule has 31 heavy (non-hydrogen) atoms. The summed E-state index contributed by atoms with van der Waals surface area (Å²) in [7, 11) is 0. The van der Waals surface area contributed by atoms with E-state index in [1.54, 1.807) is 33.0 Å². The zero-order chi connectivity index (χ0) is 22.6. The minimum absolute atomic E-state index is 0.0184. The molecule has 0 saturated carbocycles. The molecule has 0 radical (unpaired) electrons. The highest BCUT2D eigenvalue weighted by molar-refractivity contribution is 5.94. The van der Waals surface area contributed by atoms with Gasteiger partial charge in [0.25, 0.3) is 0 Å². The van der Waals surface area contributed by atoms with Crippen LogP contribution in [0.15, 0.2) is 42.6 Å². The van der Waals surface area contributed by atoms with Crippen LogP contribution in [0.4, 0.5) is 0 Å². The maximum absolute atomic E-state index is 12.2. The van der Waals surface area contributed by atoms with Crippen molar-refractivity contribution in [2.45, 2.75) is 45.3 Å². The fourth-order valence-electron chi connectivity index (χ4n) is 3.34. The Hall–Kier alpha value is -3.42. The second-order valence-corrected chi connectivity index (χ2v) is 8.61. The summed E-state index contributed by atoms with van der Waals surface area (Å²) in [4.78, 5) is 28.5. The van der Waals surface area contributed by atoms with E-state index in [4.69, 9.17) is 20.6 Å². The van der Waals surface area contributed by atoms with E-state index in [0.29, 0.717) is 24.3 Å². The summed E-state index contributed by atoms with van der Waals surface area (Å²) in [5.74, 6) is -0.247. The van der Waals surface area contributed by atoms with Crippen molar-refractivity contribution in [3.8, 4) is 17.0 Å². The van der Waals surface area contributed by atoms with Gasteiger partial charge >= 0.3 is 5.97 Å². The summed E-state index contributed by atoms with van der Waals surface area (Å²) in [5.41, 5.74) is 7.14. The van der Waals surface area contributed by atoms with Gasteiger partial charge in [0.2, 0.25) is 5.91 Å². The number of ether oxygens (including phenoxy) is 2. The zero-order valence-corrected chi connectivity index (χ0v) is 18.0. The molecule has 1 aliphatic heterocycles. The van der Waals surface area contributed by atoms with Crippen LogP contribution >= 0.6 is 0 Å². The van der Waals surface area contributed by atoms with E-state index in [1.807, 2.05) is 30.3 Å². The normalized spacial score (nSPS) is 18.4. The second-order valence-electron chi connectivity index (χ2n) is 8.61. The van der Waals surface area contributed by atoms with Gasteiger partial charge in [-0.3, -0.25) is 20.0 Å². The number of benzene rings is 1. The number of hydrogen-bond acceptors (Lipinski definition) is 6. The van der Waals surface area contributed by atoms with Crippen LogP contribution < -0.4 is 15.8 Å². The van der Waals surface area contributed by atoms with Gasteiger partial charge in [0.15, 0.2) is 0 Å². The quantitative estimate of drug-likeness (QED) is 0.356. The lowest BCUT2D eigenvalue weighted by molar-refractivity contribution is -0.156. The van der Waals surface area contributed by atoms with Crippen molar-refractivity contribution in [2.24, 2.45) is 11.7 Å². The van der Waals surface area contributed by atoms with Crippen molar-refractivity contribution in [3.05, 3.63) is 48.2 Å². The topological polar surface area (TPSA) is 127 Å². The number of nitrogens with zero attached hydrogens (tertiary/aromatic N) is 1. The molecule has 0 spiro atoms. The number of nitrogen functional groups attached to an aromatic ring is 1. The molecule has 1 amide bonds. The Morgan fingerprint density at radius 3 is 2.52 bits per heavy atom. The lowest BCUT2D eigenvalue weighted by atomic mass is 10.0. The van der Waals surface area contributed by atoms with E-state index in [2.05, 4.69) is 10.3 Å². The van der Waals surface area contributed by atoms with Gasteiger partial charge in [-0.05, 0) is 63.6 Å². The van der Waals surface area contributed by atoms with Crippen LogP contribution in [0.1, 0.15) is 39.2 Å². The number of pyridine rings is 1. The standard InChI is InChI=1S/C23H28N4O4/c1-23(2,3)31-20(28)11-16-10-17(27-22(16)29)13-30-18-7-4-14(5-8-18)19-9-6-15(12-26-19)21(24)25/h4-9,12,16-17H,10-11,13H2,1-3H3,(H3,24,25)(H,27,29)/t16-,17-/m0/s1. The van der Waals surface area contributed by atoms with Gasteiger partial charge in [-0.25, -0.2) is 0 Å². The summed E-state index contributed by atoms with van der Waals surface area (Å²) in [6.45, 7) is 5.73. The molecule has 4 N–H and O–H groups in total. The molecule has 0 unspecified atom stereocenters. The van der Waals surface area contributed by atoms with Crippen LogP contribution in [0.3, 0.4) is 0 Å². The van der Waals surface area contributed by atoms with Gasteiger partial charge in [-0.15, -0.1) is 0 Å². The predicted molar refractivity (Wildman–Crippen MR) is 117 cm³/mol. The minimum atomic E-state index is -0.564. The van der Waals surface area contributed by atoms with Crippen molar-refractivity contribution in [3.63, 3.8) is 0 Å². The molecule has 164 valence electrons. The first-order valence-corrected chi connectivity index (χ1v) is 10.2. The Bertz CT molecular complexity index is 949. The van der Waals surface area contributed by atoms with Crippen LogP contribution in [-0.2, 0) is 14.3 Å². The molecule has 8 nitrogen and oxygen atoms in total. The first-order chi connectivity index (χ1) is 14.6. The van der Waals surface area contributed by atoms with Crippen molar-refractivity contribution < 1.29 is 19.1 Å². The molecule has 1 aromatic carbocycles. The Morgan fingerprint density at radius 1 is 1.23 bits per heavy atom. The molecule has 1 saturated heterocycles. The summed E-state index contributed by atoms with van der Waals surface area (Å²) in [6, 6.07) is 10.9. The Balaban J connectivity index is 1.51. The number of hydrogen-bond donors (Lipinski definition) is 3. The highest BCUT2D eigenvalue weighted by atomic mass is 16.6. The predicted octanol–water partition coefficient (Wildman–Crippen LogP) is 2.65. The van der Waals surface area contributed by atoms with E-state index in [-0.39, 0.29) is 30.2 Å². The number of aromatic nitrogens is 1. The summed E-state index contributed by atoms with van der Waals surface area (Å²) in [6.07, 6.45) is 2.17. The van der Waals surface area contributed by atoms with Gasteiger partial charge in [-0.1, -0.05) is 0 Å². The maximum Gasteiger partial charge on any atom is 0.307 e. The molecular formula is C23H28N4O4. The first kappa shape index (κ1) is 22.3. The van der Waals surface area contributed by atoms with Crippen molar-refractivity contribution >= 4 is 17.7 Å². The van der Waals surface area contributed by atoms with E-state index in [9.17, 15) is 9.59 Å². The molecule has 8 heteroatoms. The molecule has 2 heterocycles. The number of nitrogens with two attached hydrogens (primary N) is 1. The SMILES string of the molecule is CC(C)(C)OC(=O)C[C@@H]1C[C@@H](COc2ccc(-c3ccc(C(=N)N)cn3)cc2)NC1=O.